The second-order valence-electron chi connectivity index (χ2n) is 1.73. The molecule has 0 aromatic carbocycles. The van der Waals surface area contributed by atoms with Crippen molar-refractivity contribution in [3.8, 4) is 5.75 Å². The zero-order chi connectivity index (χ0) is 7.23. The SMILES string of the molecule is BrCCOc1cccnc1. The van der Waals surface area contributed by atoms with E-state index in [-0.39, 0.29) is 0 Å². The molecule has 1 rings (SSSR count). The molecule has 0 saturated carbocycles. The predicted molar refractivity (Wildman–Crippen MR) is 43.5 cm³/mol. The van der Waals surface area contributed by atoms with E-state index in [1.165, 1.54) is 0 Å². The molecule has 0 N–H and O–H groups in total. The molecule has 0 bridgehead atoms. The molecule has 0 saturated heterocycles. The van der Waals surface area contributed by atoms with Crippen molar-refractivity contribution in [1.82, 2.24) is 4.98 Å². The normalized spacial score (nSPS) is 9.30. The molecule has 0 aliphatic rings. The standard InChI is InChI=1S/C7H8BrNO/c8-3-5-10-7-2-1-4-9-6-7/h1-2,4,6H,3,5H2. The van der Waals surface area contributed by atoms with E-state index in [0.29, 0.717) is 6.61 Å². The fourth-order valence-electron chi connectivity index (χ4n) is 0.589. The maximum absolute atomic E-state index is 5.25. The van der Waals surface area contributed by atoms with Gasteiger partial charge in [-0.05, 0) is 12.1 Å². The number of halogens is 1. The highest BCUT2D eigenvalue weighted by Crippen LogP contribution is 2.05. The Bertz CT molecular complexity index is 178. The lowest BCUT2D eigenvalue weighted by Crippen LogP contribution is -1.97. The Morgan fingerprint density at radius 3 is 3.10 bits per heavy atom. The van der Waals surface area contributed by atoms with E-state index in [1.807, 2.05) is 12.1 Å². The number of ether oxygens (including phenoxy) is 1. The summed E-state index contributed by atoms with van der Waals surface area (Å²) in [4.78, 5) is 3.90. The molecule has 0 unspecified atom stereocenters. The molecule has 0 atom stereocenters. The van der Waals surface area contributed by atoms with Gasteiger partial charge in [0, 0.05) is 11.5 Å². The van der Waals surface area contributed by atoms with Crippen molar-refractivity contribution in [2.45, 2.75) is 0 Å². The van der Waals surface area contributed by atoms with Gasteiger partial charge in [-0.25, -0.2) is 0 Å². The first-order chi connectivity index (χ1) is 4.93. The van der Waals surface area contributed by atoms with E-state index in [1.54, 1.807) is 12.4 Å². The lowest BCUT2D eigenvalue weighted by atomic mass is 10.5. The molecule has 10 heavy (non-hydrogen) atoms. The van der Waals surface area contributed by atoms with Crippen LogP contribution in [0.15, 0.2) is 24.5 Å². The van der Waals surface area contributed by atoms with Gasteiger partial charge >= 0.3 is 0 Å². The molecule has 0 fully saturated rings. The van der Waals surface area contributed by atoms with Crippen molar-refractivity contribution in [3.05, 3.63) is 24.5 Å². The Balaban J connectivity index is 2.43. The molecule has 1 aromatic heterocycles. The Labute approximate surface area is 68.4 Å². The van der Waals surface area contributed by atoms with Gasteiger partial charge in [0.25, 0.3) is 0 Å². The third kappa shape index (κ3) is 2.35. The third-order valence-corrected chi connectivity index (χ3v) is 1.30. The summed E-state index contributed by atoms with van der Waals surface area (Å²) in [5.41, 5.74) is 0. The minimum absolute atomic E-state index is 0.686. The van der Waals surface area contributed by atoms with Crippen LogP contribution in [0.2, 0.25) is 0 Å². The lowest BCUT2D eigenvalue weighted by molar-refractivity contribution is 0.343. The van der Waals surface area contributed by atoms with Crippen LogP contribution in [0.5, 0.6) is 5.75 Å². The summed E-state index contributed by atoms with van der Waals surface area (Å²) in [6.07, 6.45) is 3.42. The predicted octanol–water partition coefficient (Wildman–Crippen LogP) is 1.86. The molecule has 2 nitrogen and oxygen atoms in total. The number of hydrogen-bond donors (Lipinski definition) is 0. The van der Waals surface area contributed by atoms with E-state index in [9.17, 15) is 0 Å². The van der Waals surface area contributed by atoms with Crippen LogP contribution in [0.1, 0.15) is 0 Å². The molecule has 3 heteroatoms. The first-order valence-electron chi connectivity index (χ1n) is 3.02. The second kappa shape index (κ2) is 4.28. The van der Waals surface area contributed by atoms with E-state index >= 15 is 0 Å². The first kappa shape index (κ1) is 7.54. The summed E-state index contributed by atoms with van der Waals surface area (Å²) in [7, 11) is 0. The summed E-state index contributed by atoms with van der Waals surface area (Å²) >= 11 is 3.26. The number of aromatic nitrogens is 1. The minimum Gasteiger partial charge on any atom is -0.491 e. The molecule has 0 spiro atoms. The molecule has 0 amide bonds. The van der Waals surface area contributed by atoms with Crippen LogP contribution in [-0.2, 0) is 0 Å². The number of alkyl halides is 1. The molecule has 1 aromatic rings. The quantitative estimate of drug-likeness (QED) is 0.698. The number of hydrogen-bond acceptors (Lipinski definition) is 2. The highest BCUT2D eigenvalue weighted by atomic mass is 79.9. The number of rotatable bonds is 3. The Hall–Kier alpha value is -0.570. The topological polar surface area (TPSA) is 22.1 Å². The van der Waals surface area contributed by atoms with Crippen LogP contribution in [-0.4, -0.2) is 16.9 Å². The van der Waals surface area contributed by atoms with Crippen LogP contribution in [0.3, 0.4) is 0 Å². The van der Waals surface area contributed by atoms with Crippen LogP contribution in [0, 0.1) is 0 Å². The van der Waals surface area contributed by atoms with Crippen molar-refractivity contribution < 1.29 is 4.74 Å². The maximum Gasteiger partial charge on any atom is 0.137 e. The lowest BCUT2D eigenvalue weighted by Gasteiger charge is -2.00. The van der Waals surface area contributed by atoms with Gasteiger partial charge in [0.15, 0.2) is 0 Å². The average molecular weight is 202 g/mol. The van der Waals surface area contributed by atoms with Gasteiger partial charge in [0.1, 0.15) is 5.75 Å². The van der Waals surface area contributed by atoms with Gasteiger partial charge in [0.2, 0.25) is 0 Å². The van der Waals surface area contributed by atoms with Gasteiger partial charge in [-0.3, -0.25) is 4.98 Å². The van der Waals surface area contributed by atoms with Gasteiger partial charge < -0.3 is 4.74 Å². The van der Waals surface area contributed by atoms with Crippen molar-refractivity contribution >= 4 is 15.9 Å². The largest absolute Gasteiger partial charge is 0.491 e. The average Bonchev–Trinajstić information content (AvgIpc) is 2.03. The number of pyridine rings is 1. The summed E-state index contributed by atoms with van der Waals surface area (Å²) in [6.45, 7) is 0.686. The summed E-state index contributed by atoms with van der Waals surface area (Å²) in [5.74, 6) is 0.821. The highest BCUT2D eigenvalue weighted by Gasteiger charge is 1.88. The van der Waals surface area contributed by atoms with Crippen molar-refractivity contribution in [1.29, 1.82) is 0 Å². The Morgan fingerprint density at radius 1 is 1.60 bits per heavy atom. The Kier molecular flexibility index (Phi) is 3.22. The summed E-state index contributed by atoms with van der Waals surface area (Å²) in [5, 5.41) is 0.849. The minimum atomic E-state index is 0.686. The van der Waals surface area contributed by atoms with Crippen molar-refractivity contribution in [2.24, 2.45) is 0 Å². The maximum atomic E-state index is 5.25. The van der Waals surface area contributed by atoms with E-state index in [2.05, 4.69) is 20.9 Å². The molecular weight excluding hydrogens is 194 g/mol. The van der Waals surface area contributed by atoms with Gasteiger partial charge in [0.05, 0.1) is 12.8 Å². The first-order valence-corrected chi connectivity index (χ1v) is 4.14. The van der Waals surface area contributed by atoms with Crippen LogP contribution >= 0.6 is 15.9 Å². The highest BCUT2D eigenvalue weighted by molar-refractivity contribution is 9.09. The molecule has 1 heterocycles. The van der Waals surface area contributed by atoms with E-state index in [4.69, 9.17) is 4.74 Å². The fourth-order valence-corrected chi connectivity index (χ4v) is 0.751. The van der Waals surface area contributed by atoms with Gasteiger partial charge in [-0.1, -0.05) is 15.9 Å². The number of nitrogens with zero attached hydrogens (tertiary/aromatic N) is 1. The Morgan fingerprint density at radius 2 is 2.50 bits per heavy atom. The molecule has 0 aliphatic heterocycles. The van der Waals surface area contributed by atoms with Crippen molar-refractivity contribution in [3.63, 3.8) is 0 Å². The molecular formula is C7H8BrNO. The van der Waals surface area contributed by atoms with Gasteiger partial charge in [-0.2, -0.15) is 0 Å². The third-order valence-electron chi connectivity index (χ3n) is 0.980. The van der Waals surface area contributed by atoms with E-state index in [0.717, 1.165) is 11.1 Å². The second-order valence-corrected chi connectivity index (χ2v) is 2.52. The van der Waals surface area contributed by atoms with Gasteiger partial charge in [-0.15, -0.1) is 0 Å². The van der Waals surface area contributed by atoms with Crippen molar-refractivity contribution in [2.75, 3.05) is 11.9 Å². The smallest absolute Gasteiger partial charge is 0.137 e. The fraction of sp³-hybridized carbons (Fsp3) is 0.286. The zero-order valence-corrected chi connectivity index (χ0v) is 7.04. The van der Waals surface area contributed by atoms with Crippen LogP contribution < -0.4 is 4.74 Å². The molecule has 54 valence electrons. The zero-order valence-electron chi connectivity index (χ0n) is 5.46. The van der Waals surface area contributed by atoms with E-state index < -0.39 is 0 Å². The summed E-state index contributed by atoms with van der Waals surface area (Å²) in [6, 6.07) is 3.74. The summed E-state index contributed by atoms with van der Waals surface area (Å²) < 4.78 is 5.25. The monoisotopic (exact) mass is 201 g/mol. The van der Waals surface area contributed by atoms with Crippen LogP contribution in [0.4, 0.5) is 0 Å². The van der Waals surface area contributed by atoms with Crippen LogP contribution in [0.25, 0.3) is 0 Å². The molecule has 0 aliphatic carbocycles. The molecule has 0 radical (unpaired) electrons.